The molecule has 0 radical (unpaired) electrons. The molecule has 0 spiro atoms. The van der Waals surface area contributed by atoms with E-state index in [1.807, 2.05) is 20.8 Å². The van der Waals surface area contributed by atoms with E-state index < -0.39 is 5.60 Å². The number of alkyl carbamates (subject to hydrolysis) is 1. The Balaban J connectivity index is 1.75. The van der Waals surface area contributed by atoms with Crippen molar-refractivity contribution in [3.05, 3.63) is 0 Å². The van der Waals surface area contributed by atoms with Gasteiger partial charge in [-0.15, -0.1) is 0 Å². The van der Waals surface area contributed by atoms with E-state index in [-0.39, 0.29) is 24.4 Å². The maximum atomic E-state index is 11.6. The van der Waals surface area contributed by atoms with Crippen molar-refractivity contribution in [1.82, 2.24) is 5.32 Å². The predicted octanol–water partition coefficient (Wildman–Crippen LogP) is 2.99. The van der Waals surface area contributed by atoms with Crippen molar-refractivity contribution < 1.29 is 18.8 Å². The standard InChI is InChI=1S/C15H28BNO4/c1-13(2,3)19-12(18)17-9-10-8-11(10)16-20-14(4,5)15(6,7)21-16/h10-11H,8-9H2,1-7H3,(H,17,18). The van der Waals surface area contributed by atoms with Crippen LogP contribution in [0.1, 0.15) is 54.9 Å². The third-order valence-electron chi connectivity index (χ3n) is 4.51. The predicted molar refractivity (Wildman–Crippen MR) is 82.2 cm³/mol. The Hall–Kier alpha value is -0.745. The van der Waals surface area contributed by atoms with Crippen molar-refractivity contribution in [2.75, 3.05) is 6.54 Å². The molecule has 2 unspecified atom stereocenters. The quantitative estimate of drug-likeness (QED) is 0.814. The first-order chi connectivity index (χ1) is 9.41. The van der Waals surface area contributed by atoms with Gasteiger partial charge < -0.3 is 19.4 Å². The first-order valence-corrected chi connectivity index (χ1v) is 7.74. The molecule has 5 nitrogen and oxygen atoms in total. The molecule has 1 saturated heterocycles. The summed E-state index contributed by atoms with van der Waals surface area (Å²) in [5.41, 5.74) is -1.04. The highest BCUT2D eigenvalue weighted by molar-refractivity contribution is 6.48. The number of ether oxygens (including phenoxy) is 1. The lowest BCUT2D eigenvalue weighted by Gasteiger charge is -2.32. The molecule has 21 heavy (non-hydrogen) atoms. The second-order valence-corrected chi connectivity index (χ2v) is 8.17. The Kier molecular flexibility index (Phi) is 4.09. The Labute approximate surface area is 128 Å². The Bertz CT molecular complexity index is 400. The molecule has 6 heteroatoms. The number of rotatable bonds is 3. The van der Waals surface area contributed by atoms with Crippen LogP contribution in [-0.4, -0.2) is 36.6 Å². The Morgan fingerprint density at radius 3 is 2.24 bits per heavy atom. The number of carbonyl (C=O) groups excluding carboxylic acids is 1. The molecule has 1 aliphatic carbocycles. The van der Waals surface area contributed by atoms with Crippen molar-refractivity contribution in [2.45, 2.75) is 77.5 Å². The number of nitrogens with one attached hydrogen (secondary N) is 1. The smallest absolute Gasteiger partial charge is 0.444 e. The van der Waals surface area contributed by atoms with Crippen LogP contribution < -0.4 is 5.32 Å². The van der Waals surface area contributed by atoms with Gasteiger partial charge in [0.1, 0.15) is 5.60 Å². The minimum atomic E-state index is -0.460. The zero-order valence-corrected chi connectivity index (χ0v) is 14.3. The highest BCUT2D eigenvalue weighted by atomic mass is 16.7. The zero-order chi connectivity index (χ0) is 16.1. The van der Waals surface area contributed by atoms with Gasteiger partial charge in [0.15, 0.2) is 0 Å². The highest BCUT2D eigenvalue weighted by Gasteiger charge is 2.59. The van der Waals surface area contributed by atoms with Crippen LogP contribution in [0.25, 0.3) is 0 Å². The van der Waals surface area contributed by atoms with Crippen LogP contribution in [-0.2, 0) is 14.0 Å². The number of hydrogen-bond acceptors (Lipinski definition) is 4. The molecule has 0 aromatic carbocycles. The van der Waals surface area contributed by atoms with Gasteiger partial charge in [-0.25, -0.2) is 4.79 Å². The summed E-state index contributed by atoms with van der Waals surface area (Å²) in [7, 11) is -0.166. The van der Waals surface area contributed by atoms with Gasteiger partial charge in [-0.1, -0.05) is 0 Å². The van der Waals surface area contributed by atoms with E-state index in [1.165, 1.54) is 0 Å². The van der Waals surface area contributed by atoms with Crippen molar-refractivity contribution in [3.8, 4) is 0 Å². The summed E-state index contributed by atoms with van der Waals surface area (Å²) in [6.45, 7) is 14.4. The molecule has 120 valence electrons. The second kappa shape index (κ2) is 5.16. The van der Waals surface area contributed by atoms with Gasteiger partial charge in [-0.05, 0) is 66.6 Å². The SMILES string of the molecule is CC(C)(C)OC(=O)NCC1CC1B1OC(C)(C)C(C)(C)O1. The molecule has 2 fully saturated rings. The van der Waals surface area contributed by atoms with Crippen LogP contribution in [0, 0.1) is 5.92 Å². The monoisotopic (exact) mass is 297 g/mol. The molecule has 0 aromatic heterocycles. The molecule has 1 heterocycles. The summed E-state index contributed by atoms with van der Waals surface area (Å²) in [5.74, 6) is 0.771. The van der Waals surface area contributed by atoms with Crippen molar-refractivity contribution >= 4 is 13.2 Å². The molecule has 1 N–H and O–H groups in total. The average Bonchev–Trinajstić information content (AvgIpc) is 2.97. The largest absolute Gasteiger partial charge is 0.461 e. The van der Waals surface area contributed by atoms with E-state index >= 15 is 0 Å². The fourth-order valence-electron chi connectivity index (χ4n) is 2.43. The summed E-state index contributed by atoms with van der Waals surface area (Å²) >= 11 is 0. The fraction of sp³-hybridized carbons (Fsp3) is 0.933. The topological polar surface area (TPSA) is 56.8 Å². The Morgan fingerprint density at radius 1 is 1.24 bits per heavy atom. The van der Waals surface area contributed by atoms with Crippen molar-refractivity contribution in [3.63, 3.8) is 0 Å². The van der Waals surface area contributed by atoms with E-state index in [1.54, 1.807) is 0 Å². The van der Waals surface area contributed by atoms with E-state index in [9.17, 15) is 4.79 Å². The summed E-state index contributed by atoms with van der Waals surface area (Å²) in [6.07, 6.45) is 0.661. The maximum absolute atomic E-state index is 11.6. The molecule has 0 bridgehead atoms. The van der Waals surface area contributed by atoms with E-state index in [4.69, 9.17) is 14.0 Å². The number of amides is 1. The van der Waals surface area contributed by atoms with Gasteiger partial charge in [0.25, 0.3) is 0 Å². The van der Waals surface area contributed by atoms with Gasteiger partial charge >= 0.3 is 13.2 Å². The van der Waals surface area contributed by atoms with Gasteiger partial charge in [-0.2, -0.15) is 0 Å². The molecule has 1 amide bonds. The molecule has 1 saturated carbocycles. The van der Waals surface area contributed by atoms with Crippen LogP contribution in [0.4, 0.5) is 4.79 Å². The van der Waals surface area contributed by atoms with Gasteiger partial charge in [0.2, 0.25) is 0 Å². The first-order valence-electron chi connectivity index (χ1n) is 7.74. The molecular formula is C15H28BNO4. The molecule has 1 aliphatic heterocycles. The zero-order valence-electron chi connectivity index (χ0n) is 14.3. The summed E-state index contributed by atoms with van der Waals surface area (Å²) < 4.78 is 17.3. The number of carbonyl (C=O) groups is 1. The first kappa shape index (κ1) is 16.6. The molecule has 2 atom stereocenters. The van der Waals surface area contributed by atoms with Crippen molar-refractivity contribution in [1.29, 1.82) is 0 Å². The van der Waals surface area contributed by atoms with Crippen LogP contribution in [0.5, 0.6) is 0 Å². The minimum absolute atomic E-state index is 0.166. The molecule has 2 rings (SSSR count). The van der Waals surface area contributed by atoms with E-state index in [0.717, 1.165) is 6.42 Å². The summed E-state index contributed by atoms with van der Waals surface area (Å²) in [5, 5.41) is 2.82. The average molecular weight is 297 g/mol. The van der Waals surface area contributed by atoms with Crippen molar-refractivity contribution in [2.24, 2.45) is 5.92 Å². The van der Waals surface area contributed by atoms with Crippen LogP contribution in [0.3, 0.4) is 0 Å². The molecular weight excluding hydrogens is 269 g/mol. The normalized spacial score (nSPS) is 30.1. The summed E-state index contributed by atoms with van der Waals surface area (Å²) in [6, 6.07) is 0. The third kappa shape index (κ3) is 3.92. The van der Waals surface area contributed by atoms with Gasteiger partial charge in [0, 0.05) is 6.54 Å². The highest BCUT2D eigenvalue weighted by Crippen LogP contribution is 2.52. The van der Waals surface area contributed by atoms with Gasteiger partial charge in [-0.3, -0.25) is 0 Å². The Morgan fingerprint density at radius 2 is 1.76 bits per heavy atom. The second-order valence-electron chi connectivity index (χ2n) is 8.17. The number of hydrogen-bond donors (Lipinski definition) is 1. The lowest BCUT2D eigenvalue weighted by atomic mass is 9.80. The van der Waals surface area contributed by atoms with Crippen LogP contribution in [0.15, 0.2) is 0 Å². The minimum Gasteiger partial charge on any atom is -0.444 e. The lowest BCUT2D eigenvalue weighted by molar-refractivity contribution is 0.00578. The molecule has 0 aromatic rings. The summed E-state index contributed by atoms with van der Waals surface area (Å²) in [4.78, 5) is 11.6. The van der Waals surface area contributed by atoms with E-state index in [0.29, 0.717) is 18.3 Å². The van der Waals surface area contributed by atoms with Crippen LogP contribution >= 0.6 is 0 Å². The molecule has 2 aliphatic rings. The van der Waals surface area contributed by atoms with E-state index in [2.05, 4.69) is 33.0 Å². The van der Waals surface area contributed by atoms with Gasteiger partial charge in [0.05, 0.1) is 11.2 Å². The van der Waals surface area contributed by atoms with Crippen LogP contribution in [0.2, 0.25) is 5.82 Å². The fourth-order valence-corrected chi connectivity index (χ4v) is 2.43. The maximum Gasteiger partial charge on any atom is 0.461 e. The third-order valence-corrected chi connectivity index (χ3v) is 4.51. The lowest BCUT2D eigenvalue weighted by Crippen LogP contribution is -2.41.